The Morgan fingerprint density at radius 1 is 0.630 bits per heavy atom. The van der Waals surface area contributed by atoms with E-state index >= 15 is 0 Å². The van der Waals surface area contributed by atoms with Crippen molar-refractivity contribution in [2.75, 3.05) is 0 Å². The summed E-state index contributed by atoms with van der Waals surface area (Å²) in [6, 6.07) is 48.0. The fourth-order valence-electron chi connectivity index (χ4n) is 6.55. The van der Waals surface area contributed by atoms with Crippen LogP contribution in [0.4, 0.5) is 0 Å². The predicted octanol–water partition coefficient (Wildman–Crippen LogP) is 10.2. The third-order valence-electron chi connectivity index (χ3n) is 8.84. The summed E-state index contributed by atoms with van der Waals surface area (Å²) in [5.41, 5.74) is 11.8. The minimum atomic E-state index is 0.467. The van der Waals surface area contributed by atoms with E-state index in [1.54, 1.807) is 0 Å². The van der Waals surface area contributed by atoms with Gasteiger partial charge in [-0.05, 0) is 41.7 Å². The van der Waals surface area contributed by atoms with E-state index in [9.17, 15) is 5.26 Å². The number of hydrogen-bond acceptors (Lipinski definition) is 3. The molecule has 8 rings (SSSR count). The van der Waals surface area contributed by atoms with Gasteiger partial charge in [-0.1, -0.05) is 134 Å². The van der Waals surface area contributed by atoms with Crippen LogP contribution in [0.1, 0.15) is 23.7 Å². The summed E-state index contributed by atoms with van der Waals surface area (Å²) in [6.07, 6.45) is 5.63. The third kappa shape index (κ3) is 4.80. The Hall–Kier alpha value is -6.05. The van der Waals surface area contributed by atoms with Gasteiger partial charge in [0.05, 0.1) is 16.9 Å². The molecule has 0 saturated carbocycles. The molecular weight excluding hydrogens is 560 g/mol. The Kier molecular flexibility index (Phi) is 6.85. The summed E-state index contributed by atoms with van der Waals surface area (Å²) in [5.74, 6) is 1.11. The van der Waals surface area contributed by atoms with E-state index in [2.05, 4.69) is 103 Å². The maximum atomic E-state index is 10.3. The summed E-state index contributed by atoms with van der Waals surface area (Å²) in [6.45, 7) is 2.28. The monoisotopic (exact) mass is 590 g/mol. The van der Waals surface area contributed by atoms with Crippen LogP contribution < -0.4 is 0 Å². The highest BCUT2D eigenvalue weighted by Gasteiger charge is 2.21. The molecular formula is C42H30N4. The van der Waals surface area contributed by atoms with Gasteiger partial charge >= 0.3 is 0 Å². The van der Waals surface area contributed by atoms with E-state index in [-0.39, 0.29) is 0 Å². The fourth-order valence-corrected chi connectivity index (χ4v) is 6.55. The van der Waals surface area contributed by atoms with Crippen LogP contribution >= 0.6 is 0 Å². The minimum absolute atomic E-state index is 0.467. The van der Waals surface area contributed by atoms with E-state index < -0.39 is 0 Å². The highest BCUT2D eigenvalue weighted by Crippen LogP contribution is 2.37. The molecule has 5 aromatic carbocycles. The number of fused-ring (bicyclic) bond motifs is 3. The first-order chi connectivity index (χ1) is 22.7. The van der Waals surface area contributed by atoms with Gasteiger partial charge in [0.2, 0.25) is 0 Å². The van der Waals surface area contributed by atoms with Crippen molar-refractivity contribution >= 4 is 17.0 Å². The molecule has 0 aliphatic heterocycles. The summed E-state index contributed by atoms with van der Waals surface area (Å²) in [5, 5.41) is 11.6. The van der Waals surface area contributed by atoms with Crippen LogP contribution in [-0.2, 0) is 6.42 Å². The maximum Gasteiger partial charge on any atom is 0.160 e. The number of para-hydroxylation sites is 1. The lowest BCUT2D eigenvalue weighted by molar-refractivity contribution is 0.690. The molecule has 2 heterocycles. The van der Waals surface area contributed by atoms with Gasteiger partial charge < -0.3 is 4.57 Å². The van der Waals surface area contributed by atoms with E-state index in [4.69, 9.17) is 9.97 Å². The summed E-state index contributed by atoms with van der Waals surface area (Å²) in [4.78, 5) is 9.81. The Balaban J connectivity index is 1.17. The van der Waals surface area contributed by atoms with Gasteiger partial charge in [0.25, 0.3) is 0 Å². The van der Waals surface area contributed by atoms with E-state index in [0.717, 1.165) is 34.2 Å². The molecule has 218 valence electrons. The lowest BCUT2D eigenvalue weighted by atomic mass is 9.95. The van der Waals surface area contributed by atoms with Crippen LogP contribution in [0.15, 0.2) is 140 Å². The Morgan fingerprint density at radius 3 is 1.83 bits per heavy atom. The number of nitriles is 1. The van der Waals surface area contributed by atoms with Crippen molar-refractivity contribution in [2.24, 2.45) is 5.92 Å². The van der Waals surface area contributed by atoms with Crippen molar-refractivity contribution in [2.45, 2.75) is 13.3 Å². The molecule has 1 atom stereocenters. The Bertz CT molecular complexity index is 2270. The van der Waals surface area contributed by atoms with Crippen molar-refractivity contribution in [1.29, 1.82) is 5.26 Å². The molecule has 0 saturated heterocycles. The van der Waals surface area contributed by atoms with Crippen LogP contribution in [0.5, 0.6) is 0 Å². The second kappa shape index (κ2) is 11.5. The zero-order valence-electron chi connectivity index (χ0n) is 25.4. The molecule has 4 nitrogen and oxygen atoms in total. The van der Waals surface area contributed by atoms with Crippen molar-refractivity contribution in [3.63, 3.8) is 0 Å². The molecule has 46 heavy (non-hydrogen) atoms. The number of rotatable bonds is 5. The van der Waals surface area contributed by atoms with Crippen LogP contribution in [0.2, 0.25) is 0 Å². The zero-order chi connectivity index (χ0) is 31.0. The first-order valence-electron chi connectivity index (χ1n) is 15.6. The molecule has 1 unspecified atom stereocenters. The van der Waals surface area contributed by atoms with Crippen LogP contribution in [0.25, 0.3) is 67.7 Å². The molecule has 0 fully saturated rings. The molecule has 0 bridgehead atoms. The molecule has 4 heteroatoms. The smallest absolute Gasteiger partial charge is 0.160 e. The van der Waals surface area contributed by atoms with E-state index in [0.29, 0.717) is 28.7 Å². The number of benzene rings is 5. The van der Waals surface area contributed by atoms with Crippen molar-refractivity contribution in [3.05, 3.63) is 156 Å². The number of allylic oxidation sites excluding steroid dienone is 1. The first kappa shape index (κ1) is 27.5. The number of hydrogen-bond donors (Lipinski definition) is 0. The van der Waals surface area contributed by atoms with Gasteiger partial charge in [-0.25, -0.2) is 9.97 Å². The topological polar surface area (TPSA) is 54.5 Å². The molecule has 0 radical (unpaired) electrons. The molecule has 2 aromatic heterocycles. The van der Waals surface area contributed by atoms with Crippen molar-refractivity contribution < 1.29 is 0 Å². The second-order valence-electron chi connectivity index (χ2n) is 11.8. The highest BCUT2D eigenvalue weighted by atomic mass is 15.0. The van der Waals surface area contributed by atoms with Gasteiger partial charge in [0.1, 0.15) is 11.6 Å². The van der Waals surface area contributed by atoms with Gasteiger partial charge in [-0.3, -0.25) is 0 Å². The number of nitrogens with zero attached hydrogens (tertiary/aromatic N) is 4. The van der Waals surface area contributed by atoms with Crippen molar-refractivity contribution in [1.82, 2.24) is 14.5 Å². The van der Waals surface area contributed by atoms with Crippen LogP contribution in [-0.4, -0.2) is 14.5 Å². The molecule has 0 amide bonds. The summed E-state index contributed by atoms with van der Waals surface area (Å²) in [7, 11) is 0. The van der Waals surface area contributed by atoms with Gasteiger partial charge in [-0.2, -0.15) is 5.26 Å². The SMILES string of the molecule is CC1C=Cc2c(n(-c3ccc(-c4ccc(-c5nc(-c6ccccc6)nc(-c6ccccc6)c5C#N)cc4)cc3)c3ccccc23)C1. The van der Waals surface area contributed by atoms with Crippen molar-refractivity contribution in [3.8, 4) is 56.8 Å². The maximum absolute atomic E-state index is 10.3. The molecule has 0 spiro atoms. The predicted molar refractivity (Wildman–Crippen MR) is 187 cm³/mol. The zero-order valence-corrected chi connectivity index (χ0v) is 25.4. The third-order valence-corrected chi connectivity index (χ3v) is 8.84. The highest BCUT2D eigenvalue weighted by molar-refractivity contribution is 5.93. The first-order valence-corrected chi connectivity index (χ1v) is 15.6. The molecule has 1 aliphatic carbocycles. The summed E-state index contributed by atoms with van der Waals surface area (Å²) >= 11 is 0. The largest absolute Gasteiger partial charge is 0.313 e. The standard InChI is InChI=1S/C42H30N4/c1-28-16-25-36-35-14-8-9-15-38(35)46(39(36)26-28)34-23-21-30(22-24-34)29-17-19-32(20-18-29)41-37(27-43)40(31-10-4-2-5-11-31)44-42(45-41)33-12-6-3-7-13-33/h2-25,28H,26H2,1H3. The Labute approximate surface area is 268 Å². The van der Waals surface area contributed by atoms with Gasteiger partial charge in [0.15, 0.2) is 5.82 Å². The number of aromatic nitrogens is 3. The lowest BCUT2D eigenvalue weighted by Crippen LogP contribution is -2.08. The van der Waals surface area contributed by atoms with Crippen LogP contribution in [0.3, 0.4) is 0 Å². The average Bonchev–Trinajstić information content (AvgIpc) is 3.45. The second-order valence-corrected chi connectivity index (χ2v) is 11.8. The van der Waals surface area contributed by atoms with Gasteiger partial charge in [-0.15, -0.1) is 0 Å². The lowest BCUT2D eigenvalue weighted by Gasteiger charge is -2.17. The molecule has 7 aromatic rings. The normalized spacial score (nSPS) is 13.8. The Morgan fingerprint density at radius 2 is 1.17 bits per heavy atom. The van der Waals surface area contributed by atoms with Gasteiger partial charge in [0, 0.05) is 39.0 Å². The average molecular weight is 591 g/mol. The fraction of sp³-hybridized carbons (Fsp3) is 0.0714. The van der Waals surface area contributed by atoms with E-state index in [1.165, 1.54) is 27.8 Å². The molecule has 1 aliphatic rings. The summed E-state index contributed by atoms with van der Waals surface area (Å²) < 4.78 is 2.42. The minimum Gasteiger partial charge on any atom is -0.313 e. The van der Waals surface area contributed by atoms with E-state index in [1.807, 2.05) is 60.7 Å². The quantitative estimate of drug-likeness (QED) is 0.200. The molecule has 0 N–H and O–H groups in total. The van der Waals surface area contributed by atoms with Crippen LogP contribution in [0, 0.1) is 17.2 Å².